The van der Waals surface area contributed by atoms with Crippen LogP contribution in [0.3, 0.4) is 0 Å². The van der Waals surface area contributed by atoms with Gasteiger partial charge in [-0.3, -0.25) is 4.68 Å². The summed E-state index contributed by atoms with van der Waals surface area (Å²) in [4.78, 5) is 0.134. The average molecular weight is 295 g/mol. The lowest BCUT2D eigenvalue weighted by Gasteiger charge is -2.05. The summed E-state index contributed by atoms with van der Waals surface area (Å²) in [7, 11) is -1.77. The zero-order valence-electron chi connectivity index (χ0n) is 11.2. The summed E-state index contributed by atoms with van der Waals surface area (Å²) in [6.45, 7) is 1.47. The lowest BCUT2D eigenvalue weighted by molar-refractivity contribution is 0.597. The Labute approximate surface area is 117 Å². The van der Waals surface area contributed by atoms with Crippen molar-refractivity contribution in [3.8, 4) is 0 Å². The highest BCUT2D eigenvalue weighted by Crippen LogP contribution is 2.08. The molecule has 1 aromatic carbocycles. The third-order valence-corrected chi connectivity index (χ3v) is 3.89. The average Bonchev–Trinajstić information content (AvgIpc) is 2.80. The molecule has 0 unspecified atom stereocenters. The minimum Gasteiger partial charge on any atom is -0.311 e. The van der Waals surface area contributed by atoms with Crippen LogP contribution in [-0.4, -0.2) is 30.0 Å². The number of primary sulfonamides is 1. The normalized spacial score (nSPS) is 11.7. The van der Waals surface area contributed by atoms with Crippen molar-refractivity contribution in [1.82, 2.24) is 20.3 Å². The predicted octanol–water partition coefficient (Wildman–Crippen LogP) is -0.205. The molecule has 2 rings (SSSR count). The Balaban J connectivity index is 1.81. The van der Waals surface area contributed by atoms with E-state index in [0.717, 1.165) is 24.2 Å². The van der Waals surface area contributed by atoms with Gasteiger partial charge in [-0.25, -0.2) is 13.6 Å². The molecule has 2 aromatic rings. The molecule has 7 nitrogen and oxygen atoms in total. The van der Waals surface area contributed by atoms with E-state index in [-0.39, 0.29) is 4.90 Å². The van der Waals surface area contributed by atoms with Crippen molar-refractivity contribution in [2.45, 2.75) is 17.9 Å². The Morgan fingerprint density at radius 3 is 2.55 bits per heavy atom. The molecular formula is C12H17N5O2S. The van der Waals surface area contributed by atoms with Gasteiger partial charge < -0.3 is 5.32 Å². The van der Waals surface area contributed by atoms with Crippen LogP contribution in [0.1, 0.15) is 11.3 Å². The Bertz CT molecular complexity index is 663. The van der Waals surface area contributed by atoms with Crippen molar-refractivity contribution >= 4 is 10.0 Å². The summed E-state index contributed by atoms with van der Waals surface area (Å²) in [5, 5.41) is 16.0. The van der Waals surface area contributed by atoms with Gasteiger partial charge in [-0.1, -0.05) is 17.3 Å². The summed E-state index contributed by atoms with van der Waals surface area (Å²) < 4.78 is 24.0. The molecule has 0 saturated heterocycles. The van der Waals surface area contributed by atoms with Gasteiger partial charge in [0.15, 0.2) is 0 Å². The van der Waals surface area contributed by atoms with Crippen molar-refractivity contribution in [3.05, 3.63) is 41.7 Å². The summed E-state index contributed by atoms with van der Waals surface area (Å²) in [6, 6.07) is 6.59. The molecule has 1 heterocycles. The number of sulfonamides is 1. The number of hydrogen-bond acceptors (Lipinski definition) is 5. The molecule has 108 valence electrons. The lowest BCUT2D eigenvalue weighted by atomic mass is 10.1. The van der Waals surface area contributed by atoms with E-state index in [4.69, 9.17) is 5.14 Å². The minimum atomic E-state index is -3.61. The van der Waals surface area contributed by atoms with Crippen LogP contribution >= 0.6 is 0 Å². The Kier molecular flexibility index (Phi) is 4.48. The molecule has 0 aliphatic carbocycles. The van der Waals surface area contributed by atoms with Crippen LogP contribution in [0.5, 0.6) is 0 Å². The zero-order valence-corrected chi connectivity index (χ0v) is 12.0. The Morgan fingerprint density at radius 1 is 1.30 bits per heavy atom. The fraction of sp³-hybridized carbons (Fsp3) is 0.333. The van der Waals surface area contributed by atoms with Gasteiger partial charge in [-0.15, -0.1) is 5.10 Å². The van der Waals surface area contributed by atoms with Crippen LogP contribution in [0, 0.1) is 0 Å². The second-order valence-electron chi connectivity index (χ2n) is 4.46. The van der Waals surface area contributed by atoms with E-state index in [1.165, 1.54) is 12.1 Å². The van der Waals surface area contributed by atoms with Gasteiger partial charge in [-0.05, 0) is 30.7 Å². The summed E-state index contributed by atoms with van der Waals surface area (Å²) >= 11 is 0. The van der Waals surface area contributed by atoms with E-state index in [0.29, 0.717) is 6.54 Å². The van der Waals surface area contributed by atoms with Gasteiger partial charge in [0.2, 0.25) is 10.0 Å². The van der Waals surface area contributed by atoms with Gasteiger partial charge in [0.05, 0.1) is 16.8 Å². The second kappa shape index (κ2) is 6.12. The molecule has 0 fully saturated rings. The predicted molar refractivity (Wildman–Crippen MR) is 74.2 cm³/mol. The van der Waals surface area contributed by atoms with Crippen molar-refractivity contribution in [2.75, 3.05) is 6.54 Å². The van der Waals surface area contributed by atoms with Crippen molar-refractivity contribution in [3.63, 3.8) is 0 Å². The number of aromatic nitrogens is 3. The number of nitrogens with one attached hydrogen (secondary N) is 1. The maximum Gasteiger partial charge on any atom is 0.238 e. The number of nitrogens with zero attached hydrogens (tertiary/aromatic N) is 3. The largest absolute Gasteiger partial charge is 0.311 e. The van der Waals surface area contributed by atoms with E-state index in [2.05, 4.69) is 15.6 Å². The first-order valence-electron chi connectivity index (χ1n) is 6.13. The Morgan fingerprint density at radius 2 is 2.00 bits per heavy atom. The molecular weight excluding hydrogens is 278 g/mol. The number of benzene rings is 1. The highest BCUT2D eigenvalue weighted by Gasteiger charge is 2.06. The van der Waals surface area contributed by atoms with E-state index < -0.39 is 10.0 Å². The monoisotopic (exact) mass is 295 g/mol. The molecule has 1 aromatic heterocycles. The van der Waals surface area contributed by atoms with E-state index >= 15 is 0 Å². The summed E-state index contributed by atoms with van der Waals surface area (Å²) in [5.41, 5.74) is 2.06. The van der Waals surface area contributed by atoms with Crippen LogP contribution in [0.4, 0.5) is 0 Å². The molecule has 0 aliphatic heterocycles. The number of rotatable bonds is 6. The van der Waals surface area contributed by atoms with Gasteiger partial charge in [0.1, 0.15) is 0 Å². The first kappa shape index (κ1) is 14.6. The first-order valence-corrected chi connectivity index (χ1v) is 7.67. The van der Waals surface area contributed by atoms with Gasteiger partial charge in [0.25, 0.3) is 0 Å². The highest BCUT2D eigenvalue weighted by molar-refractivity contribution is 7.89. The number of aryl methyl sites for hydroxylation is 1. The standard InChI is InChI=1S/C12H17N5O2S/c1-17-11(9-15-16-17)8-14-7-6-10-2-4-12(5-3-10)20(13,18)19/h2-5,9,14H,6-8H2,1H3,(H2,13,18,19). The van der Waals surface area contributed by atoms with E-state index in [1.807, 2.05) is 7.05 Å². The number of hydrogen-bond donors (Lipinski definition) is 2. The molecule has 0 amide bonds. The summed E-state index contributed by atoms with van der Waals surface area (Å²) in [5.74, 6) is 0. The van der Waals surface area contributed by atoms with E-state index in [1.54, 1.807) is 23.0 Å². The van der Waals surface area contributed by atoms with Crippen molar-refractivity contribution in [1.29, 1.82) is 0 Å². The molecule has 20 heavy (non-hydrogen) atoms. The third-order valence-electron chi connectivity index (χ3n) is 2.96. The molecule has 0 atom stereocenters. The van der Waals surface area contributed by atoms with Crippen LogP contribution in [0.2, 0.25) is 0 Å². The van der Waals surface area contributed by atoms with Crippen LogP contribution in [0.25, 0.3) is 0 Å². The molecule has 0 aliphatic rings. The second-order valence-corrected chi connectivity index (χ2v) is 6.03. The molecule has 0 spiro atoms. The van der Waals surface area contributed by atoms with Crippen molar-refractivity contribution in [2.24, 2.45) is 12.2 Å². The zero-order chi connectivity index (χ0) is 14.6. The maximum absolute atomic E-state index is 11.1. The van der Waals surface area contributed by atoms with Gasteiger partial charge in [-0.2, -0.15) is 0 Å². The van der Waals surface area contributed by atoms with Crippen LogP contribution in [0.15, 0.2) is 35.4 Å². The van der Waals surface area contributed by atoms with E-state index in [9.17, 15) is 8.42 Å². The minimum absolute atomic E-state index is 0.134. The molecule has 0 bridgehead atoms. The van der Waals surface area contributed by atoms with Crippen molar-refractivity contribution < 1.29 is 8.42 Å². The molecule has 0 saturated carbocycles. The third kappa shape index (κ3) is 3.86. The quantitative estimate of drug-likeness (QED) is 0.718. The topological polar surface area (TPSA) is 103 Å². The van der Waals surface area contributed by atoms with Crippen LogP contribution < -0.4 is 10.5 Å². The smallest absolute Gasteiger partial charge is 0.238 e. The van der Waals surface area contributed by atoms with Crippen LogP contribution in [-0.2, 0) is 30.0 Å². The molecule has 8 heteroatoms. The lowest BCUT2D eigenvalue weighted by Crippen LogP contribution is -2.18. The highest BCUT2D eigenvalue weighted by atomic mass is 32.2. The molecule has 0 radical (unpaired) electrons. The Hall–Kier alpha value is -1.77. The fourth-order valence-electron chi connectivity index (χ4n) is 1.77. The van der Waals surface area contributed by atoms with Gasteiger partial charge in [0, 0.05) is 13.6 Å². The fourth-order valence-corrected chi connectivity index (χ4v) is 2.28. The SMILES string of the molecule is Cn1nncc1CNCCc1ccc(S(N)(=O)=O)cc1. The van der Waals surface area contributed by atoms with Gasteiger partial charge >= 0.3 is 0 Å². The number of nitrogens with two attached hydrogens (primary N) is 1. The maximum atomic E-state index is 11.1. The summed E-state index contributed by atoms with van der Waals surface area (Å²) in [6.07, 6.45) is 2.52. The molecule has 3 N–H and O–H groups in total. The first-order chi connectivity index (χ1) is 9.47.